The first-order chi connectivity index (χ1) is 14.8. The summed E-state index contributed by atoms with van der Waals surface area (Å²) in [4.78, 5) is 12.5. The Kier molecular flexibility index (Phi) is 7.81. The van der Waals surface area contributed by atoms with Crippen molar-refractivity contribution in [3.05, 3.63) is 40.9 Å². The number of hydrogen-bond donors (Lipinski definition) is 1. The Morgan fingerprint density at radius 3 is 2.68 bits per heavy atom. The predicted octanol–water partition coefficient (Wildman–Crippen LogP) is 5.13. The summed E-state index contributed by atoms with van der Waals surface area (Å²) in [5.41, 5.74) is 4.31. The van der Waals surface area contributed by atoms with Gasteiger partial charge in [0.05, 0.1) is 12.7 Å². The molecular formula is C24H34N4O2S. The van der Waals surface area contributed by atoms with E-state index in [1.54, 1.807) is 18.0 Å². The fourth-order valence-electron chi connectivity index (χ4n) is 3.92. The molecular weight excluding hydrogens is 408 g/mol. The van der Waals surface area contributed by atoms with Gasteiger partial charge < -0.3 is 14.3 Å². The van der Waals surface area contributed by atoms with E-state index >= 15 is 0 Å². The van der Waals surface area contributed by atoms with Gasteiger partial charge in [0.25, 0.3) is 0 Å². The number of nitrogens with one attached hydrogen (secondary N) is 1. The summed E-state index contributed by atoms with van der Waals surface area (Å²) in [6.45, 7) is 12.4. The van der Waals surface area contributed by atoms with Crippen LogP contribution in [0, 0.1) is 12.8 Å². The highest BCUT2D eigenvalue weighted by Crippen LogP contribution is 2.29. The largest absolute Gasteiger partial charge is 0.464 e. The molecule has 1 aromatic carbocycles. The number of furan rings is 1. The Hall–Kier alpha value is -2.28. The zero-order valence-electron chi connectivity index (χ0n) is 19.5. The maximum absolute atomic E-state index is 12.5. The van der Waals surface area contributed by atoms with E-state index < -0.39 is 0 Å². The summed E-state index contributed by atoms with van der Waals surface area (Å²) < 4.78 is 7.90. The molecule has 0 bridgehead atoms. The van der Waals surface area contributed by atoms with Crippen LogP contribution >= 0.6 is 11.8 Å². The van der Waals surface area contributed by atoms with Crippen molar-refractivity contribution in [1.82, 2.24) is 20.1 Å². The summed E-state index contributed by atoms with van der Waals surface area (Å²) in [5.74, 6) is 1.98. The van der Waals surface area contributed by atoms with Gasteiger partial charge in [-0.3, -0.25) is 4.79 Å². The van der Waals surface area contributed by atoms with Crippen LogP contribution in [0.15, 0.2) is 28.0 Å². The van der Waals surface area contributed by atoms with Crippen molar-refractivity contribution in [3.63, 3.8) is 0 Å². The first-order valence-electron chi connectivity index (χ1n) is 11.0. The fourth-order valence-corrected chi connectivity index (χ4v) is 4.44. The third kappa shape index (κ3) is 5.70. The first kappa shape index (κ1) is 23.4. The molecule has 1 amide bonds. The molecule has 0 aliphatic rings. The Balaban J connectivity index is 1.56. The van der Waals surface area contributed by atoms with Crippen molar-refractivity contribution in [2.24, 2.45) is 5.92 Å². The quantitative estimate of drug-likeness (QED) is 0.348. The maximum atomic E-state index is 12.5. The lowest BCUT2D eigenvalue weighted by Gasteiger charge is -2.12. The molecule has 3 aromatic rings. The number of aromatic nitrogens is 3. The van der Waals surface area contributed by atoms with Crippen LogP contribution in [0.3, 0.4) is 0 Å². The zero-order valence-corrected chi connectivity index (χ0v) is 20.3. The van der Waals surface area contributed by atoms with Gasteiger partial charge in [-0.15, -0.1) is 10.2 Å². The average molecular weight is 443 g/mol. The number of carbonyl (C=O) groups is 1. The van der Waals surface area contributed by atoms with E-state index in [9.17, 15) is 4.79 Å². The lowest BCUT2D eigenvalue weighted by molar-refractivity contribution is -0.120. The number of benzene rings is 1. The molecule has 0 aliphatic carbocycles. The number of rotatable bonds is 10. The van der Waals surface area contributed by atoms with Crippen LogP contribution in [0.5, 0.6) is 0 Å². The molecule has 0 aliphatic heterocycles. The van der Waals surface area contributed by atoms with Gasteiger partial charge in [0.15, 0.2) is 5.16 Å². The van der Waals surface area contributed by atoms with Gasteiger partial charge in [-0.2, -0.15) is 0 Å². The van der Waals surface area contributed by atoms with Crippen molar-refractivity contribution < 1.29 is 9.21 Å². The summed E-state index contributed by atoms with van der Waals surface area (Å²) in [6, 6.07) is 4.24. The summed E-state index contributed by atoms with van der Waals surface area (Å²) >= 11 is 1.62. The van der Waals surface area contributed by atoms with Crippen LogP contribution in [-0.2, 0) is 24.2 Å². The zero-order chi connectivity index (χ0) is 22.5. The van der Waals surface area contributed by atoms with Gasteiger partial charge in [0.1, 0.15) is 11.4 Å². The van der Waals surface area contributed by atoms with Crippen LogP contribution < -0.4 is 5.32 Å². The number of aryl methyl sites for hydroxylation is 2. The van der Waals surface area contributed by atoms with Crippen molar-refractivity contribution >= 4 is 28.6 Å². The van der Waals surface area contributed by atoms with Gasteiger partial charge in [-0.05, 0) is 54.7 Å². The number of carbonyl (C=O) groups excluding carboxylic acids is 1. The number of fused-ring (bicyclic) bond motifs is 1. The van der Waals surface area contributed by atoms with Crippen LogP contribution in [0.2, 0.25) is 0 Å². The third-order valence-electron chi connectivity index (χ3n) is 5.44. The van der Waals surface area contributed by atoms with Gasteiger partial charge in [0.2, 0.25) is 5.91 Å². The van der Waals surface area contributed by atoms with Gasteiger partial charge >= 0.3 is 0 Å². The van der Waals surface area contributed by atoms with Crippen molar-refractivity contribution in [3.8, 4) is 0 Å². The number of thioether (sulfide) groups is 1. The highest BCUT2D eigenvalue weighted by Gasteiger charge is 2.15. The lowest BCUT2D eigenvalue weighted by Crippen LogP contribution is -2.26. The first-order valence-corrected chi connectivity index (χ1v) is 12.3. The smallest absolute Gasteiger partial charge is 0.224 e. The van der Waals surface area contributed by atoms with E-state index in [2.05, 4.69) is 66.8 Å². The molecule has 2 aromatic heterocycles. The molecule has 168 valence electrons. The second-order valence-electron chi connectivity index (χ2n) is 8.86. The minimum atomic E-state index is 0.0165. The van der Waals surface area contributed by atoms with Crippen LogP contribution in [0.1, 0.15) is 62.5 Å². The van der Waals surface area contributed by atoms with Crippen molar-refractivity contribution in [2.75, 3.05) is 12.8 Å². The standard InChI is InChI=1S/C24H34N4O2S/c1-15(2)13-28-22(26-27-24(28)31-6)8-7-9-25-23(29)11-18-14-30-21-10-17(5)19(16(3)4)12-20(18)21/h10,12,14-16H,7-9,11,13H2,1-6H3,(H,25,29). The fraction of sp³-hybridized carbons (Fsp3) is 0.542. The van der Waals surface area contributed by atoms with Crippen LogP contribution in [0.25, 0.3) is 11.0 Å². The molecule has 31 heavy (non-hydrogen) atoms. The molecule has 7 heteroatoms. The maximum Gasteiger partial charge on any atom is 0.224 e. The van der Waals surface area contributed by atoms with E-state index in [1.807, 2.05) is 6.26 Å². The molecule has 0 spiro atoms. The summed E-state index contributed by atoms with van der Waals surface area (Å²) in [6.07, 6.45) is 5.70. The Bertz CT molecular complexity index is 1040. The average Bonchev–Trinajstić information content (AvgIpc) is 3.27. The Morgan fingerprint density at radius 1 is 1.23 bits per heavy atom. The molecule has 0 saturated heterocycles. The van der Waals surface area contributed by atoms with Crippen molar-refractivity contribution in [2.45, 2.75) is 71.5 Å². The second kappa shape index (κ2) is 10.4. The van der Waals surface area contributed by atoms with E-state index in [0.29, 0.717) is 24.8 Å². The molecule has 0 unspecified atom stereocenters. The SMILES string of the molecule is CSc1nnc(CCCNC(=O)Cc2coc3cc(C)c(C(C)C)cc23)n1CC(C)C. The van der Waals surface area contributed by atoms with Gasteiger partial charge in [0, 0.05) is 30.5 Å². The molecule has 2 heterocycles. The summed E-state index contributed by atoms with van der Waals surface area (Å²) in [7, 11) is 0. The Labute approximate surface area is 189 Å². The lowest BCUT2D eigenvalue weighted by atomic mass is 9.95. The number of amides is 1. The van der Waals surface area contributed by atoms with Crippen LogP contribution in [0.4, 0.5) is 0 Å². The van der Waals surface area contributed by atoms with Crippen LogP contribution in [-0.4, -0.2) is 33.5 Å². The minimum absolute atomic E-state index is 0.0165. The number of nitrogens with zero attached hydrogens (tertiary/aromatic N) is 3. The van der Waals surface area contributed by atoms with E-state index in [0.717, 1.165) is 46.9 Å². The molecule has 0 fully saturated rings. The third-order valence-corrected chi connectivity index (χ3v) is 6.11. The molecule has 3 rings (SSSR count). The van der Waals surface area contributed by atoms with E-state index in [-0.39, 0.29) is 5.91 Å². The van der Waals surface area contributed by atoms with Gasteiger partial charge in [-0.1, -0.05) is 39.5 Å². The summed E-state index contributed by atoms with van der Waals surface area (Å²) in [5, 5.41) is 13.7. The molecule has 0 atom stereocenters. The van der Waals surface area contributed by atoms with E-state index in [1.165, 1.54) is 11.1 Å². The second-order valence-corrected chi connectivity index (χ2v) is 9.63. The van der Waals surface area contributed by atoms with Crippen molar-refractivity contribution in [1.29, 1.82) is 0 Å². The molecule has 6 nitrogen and oxygen atoms in total. The Morgan fingerprint density at radius 2 is 2.00 bits per heavy atom. The molecule has 1 N–H and O–H groups in total. The minimum Gasteiger partial charge on any atom is -0.464 e. The highest BCUT2D eigenvalue weighted by molar-refractivity contribution is 7.98. The predicted molar refractivity (Wildman–Crippen MR) is 127 cm³/mol. The van der Waals surface area contributed by atoms with Gasteiger partial charge in [-0.25, -0.2) is 0 Å². The molecule has 0 radical (unpaired) electrons. The number of hydrogen-bond acceptors (Lipinski definition) is 5. The normalized spacial score (nSPS) is 11.7. The highest BCUT2D eigenvalue weighted by atomic mass is 32.2. The molecule has 0 saturated carbocycles. The van der Waals surface area contributed by atoms with E-state index in [4.69, 9.17) is 4.42 Å². The topological polar surface area (TPSA) is 73.0 Å². The monoisotopic (exact) mass is 442 g/mol.